The van der Waals surface area contributed by atoms with E-state index in [1.54, 1.807) is 23.5 Å². The molecule has 0 amide bonds. The highest BCUT2D eigenvalue weighted by Crippen LogP contribution is 2.13. The van der Waals surface area contributed by atoms with Crippen LogP contribution in [0.3, 0.4) is 0 Å². The van der Waals surface area contributed by atoms with Gasteiger partial charge in [-0.2, -0.15) is 0 Å². The van der Waals surface area contributed by atoms with Gasteiger partial charge in [0.1, 0.15) is 12.4 Å². The largest absolute Gasteiger partial charge is 0.472 e. The Bertz CT molecular complexity index is 464. The molecule has 4 nitrogen and oxygen atoms in total. The van der Waals surface area contributed by atoms with Crippen molar-refractivity contribution >= 4 is 17.2 Å². The van der Waals surface area contributed by atoms with Crippen molar-refractivity contribution in [2.75, 3.05) is 0 Å². The molecule has 16 heavy (non-hydrogen) atoms. The molecule has 0 aromatic carbocycles. The van der Waals surface area contributed by atoms with Crippen molar-refractivity contribution in [1.82, 2.24) is 4.98 Å². The number of hydrogen-bond donors (Lipinski definition) is 2. The number of thiophene rings is 1. The van der Waals surface area contributed by atoms with Crippen molar-refractivity contribution < 1.29 is 4.74 Å². The molecule has 2 aromatic rings. The summed E-state index contributed by atoms with van der Waals surface area (Å²) in [6.45, 7) is 0.518. The second kappa shape index (κ2) is 4.76. The molecule has 0 unspecified atom stereocenters. The summed E-state index contributed by atoms with van der Waals surface area (Å²) in [6, 6.07) is 7.42. The molecule has 0 aliphatic heterocycles. The van der Waals surface area contributed by atoms with Crippen molar-refractivity contribution in [3.63, 3.8) is 0 Å². The van der Waals surface area contributed by atoms with Gasteiger partial charge >= 0.3 is 0 Å². The number of nitrogens with two attached hydrogens (primary N) is 1. The summed E-state index contributed by atoms with van der Waals surface area (Å²) in [6.07, 6.45) is 1.53. The van der Waals surface area contributed by atoms with Crippen molar-refractivity contribution in [2.45, 2.75) is 6.61 Å². The van der Waals surface area contributed by atoms with E-state index in [1.807, 2.05) is 17.5 Å². The molecule has 0 aliphatic rings. The van der Waals surface area contributed by atoms with Gasteiger partial charge in [0.05, 0.1) is 0 Å². The minimum absolute atomic E-state index is 0.0114. The Hall–Kier alpha value is -1.88. The maximum atomic E-state index is 7.22. The first kappa shape index (κ1) is 10.6. The Balaban J connectivity index is 1.98. The predicted molar refractivity (Wildman–Crippen MR) is 63.9 cm³/mol. The number of hydrogen-bond acceptors (Lipinski definition) is 4. The van der Waals surface area contributed by atoms with E-state index in [4.69, 9.17) is 15.9 Å². The molecule has 3 N–H and O–H groups in total. The van der Waals surface area contributed by atoms with Crippen molar-refractivity contribution in [1.29, 1.82) is 5.41 Å². The molecule has 2 aromatic heterocycles. The second-order valence-electron chi connectivity index (χ2n) is 3.17. The van der Waals surface area contributed by atoms with E-state index < -0.39 is 0 Å². The third kappa shape index (κ3) is 2.58. The third-order valence-electron chi connectivity index (χ3n) is 1.99. The minimum atomic E-state index is 0.0114. The highest BCUT2D eigenvalue weighted by molar-refractivity contribution is 7.09. The number of amidine groups is 1. The zero-order chi connectivity index (χ0) is 11.4. The summed E-state index contributed by atoms with van der Waals surface area (Å²) in [5.41, 5.74) is 5.92. The molecule has 0 saturated carbocycles. The first-order chi connectivity index (χ1) is 7.75. The van der Waals surface area contributed by atoms with Crippen LogP contribution in [-0.2, 0) is 6.61 Å². The average Bonchev–Trinajstić information content (AvgIpc) is 2.80. The van der Waals surface area contributed by atoms with Crippen LogP contribution in [0.15, 0.2) is 35.8 Å². The number of pyridine rings is 1. The number of rotatable bonds is 4. The fraction of sp³-hybridized carbons (Fsp3) is 0.0909. The van der Waals surface area contributed by atoms with Gasteiger partial charge in [-0.15, -0.1) is 11.3 Å². The monoisotopic (exact) mass is 233 g/mol. The Labute approximate surface area is 97.2 Å². The molecule has 2 heterocycles. The van der Waals surface area contributed by atoms with E-state index in [2.05, 4.69) is 4.98 Å². The van der Waals surface area contributed by atoms with E-state index in [0.717, 1.165) is 4.88 Å². The van der Waals surface area contributed by atoms with Gasteiger partial charge in [-0.3, -0.25) is 5.41 Å². The predicted octanol–water partition coefficient (Wildman–Crippen LogP) is 2.01. The lowest BCUT2D eigenvalue weighted by molar-refractivity contribution is 0.297. The summed E-state index contributed by atoms with van der Waals surface area (Å²) < 4.78 is 5.47. The third-order valence-corrected chi connectivity index (χ3v) is 2.84. The topological polar surface area (TPSA) is 72.0 Å². The lowest BCUT2D eigenvalue weighted by Gasteiger charge is -2.04. The molecular weight excluding hydrogens is 222 g/mol. The zero-order valence-electron chi connectivity index (χ0n) is 8.51. The SMILES string of the molecule is N=C(N)c1ccc(OCc2cccs2)nc1. The van der Waals surface area contributed by atoms with Crippen molar-refractivity contribution in [2.24, 2.45) is 5.73 Å². The summed E-state index contributed by atoms with van der Waals surface area (Å²) in [7, 11) is 0. The van der Waals surface area contributed by atoms with Gasteiger partial charge in [0.25, 0.3) is 0 Å². The van der Waals surface area contributed by atoms with Gasteiger partial charge in [0.15, 0.2) is 0 Å². The molecule has 0 bridgehead atoms. The van der Waals surface area contributed by atoms with Crippen LogP contribution in [0.25, 0.3) is 0 Å². The number of nitrogen functional groups attached to an aromatic ring is 1. The Morgan fingerprint density at radius 2 is 2.31 bits per heavy atom. The van der Waals surface area contributed by atoms with Crippen LogP contribution in [0.5, 0.6) is 5.88 Å². The molecule has 0 atom stereocenters. The van der Waals surface area contributed by atoms with Crippen LogP contribution in [0.2, 0.25) is 0 Å². The fourth-order valence-corrected chi connectivity index (χ4v) is 1.78. The first-order valence-electron chi connectivity index (χ1n) is 4.71. The van der Waals surface area contributed by atoms with Gasteiger partial charge < -0.3 is 10.5 Å². The highest BCUT2D eigenvalue weighted by atomic mass is 32.1. The molecule has 0 spiro atoms. The Kier molecular flexibility index (Phi) is 3.16. The van der Waals surface area contributed by atoms with E-state index in [9.17, 15) is 0 Å². The molecule has 0 saturated heterocycles. The summed E-state index contributed by atoms with van der Waals surface area (Å²) in [5, 5.41) is 9.23. The quantitative estimate of drug-likeness (QED) is 0.626. The van der Waals surface area contributed by atoms with Crippen LogP contribution in [0, 0.1) is 5.41 Å². The normalized spacial score (nSPS) is 10.0. The number of nitrogens with one attached hydrogen (secondary N) is 1. The summed E-state index contributed by atoms with van der Waals surface area (Å²) >= 11 is 1.64. The van der Waals surface area contributed by atoms with Gasteiger partial charge in [-0.25, -0.2) is 4.98 Å². The number of ether oxygens (including phenoxy) is 1. The van der Waals surface area contributed by atoms with Crippen LogP contribution in [0.1, 0.15) is 10.4 Å². The van der Waals surface area contributed by atoms with E-state index in [0.29, 0.717) is 18.1 Å². The van der Waals surface area contributed by atoms with E-state index >= 15 is 0 Å². The maximum Gasteiger partial charge on any atom is 0.213 e. The number of nitrogens with zero attached hydrogens (tertiary/aromatic N) is 1. The summed E-state index contributed by atoms with van der Waals surface area (Å²) in [4.78, 5) is 5.21. The highest BCUT2D eigenvalue weighted by Gasteiger charge is 2.00. The lowest BCUT2D eigenvalue weighted by atomic mass is 10.3. The summed E-state index contributed by atoms with van der Waals surface area (Å²) in [5.74, 6) is 0.552. The first-order valence-corrected chi connectivity index (χ1v) is 5.59. The molecule has 0 radical (unpaired) electrons. The van der Waals surface area contributed by atoms with Gasteiger partial charge in [-0.05, 0) is 17.5 Å². The smallest absolute Gasteiger partial charge is 0.213 e. The second-order valence-corrected chi connectivity index (χ2v) is 4.20. The Morgan fingerprint density at radius 1 is 1.44 bits per heavy atom. The molecule has 82 valence electrons. The van der Waals surface area contributed by atoms with Crippen LogP contribution in [-0.4, -0.2) is 10.8 Å². The van der Waals surface area contributed by atoms with Crippen molar-refractivity contribution in [3.05, 3.63) is 46.3 Å². The molecule has 5 heteroatoms. The minimum Gasteiger partial charge on any atom is -0.472 e. The average molecular weight is 233 g/mol. The van der Waals surface area contributed by atoms with E-state index in [-0.39, 0.29) is 5.84 Å². The number of aromatic nitrogens is 1. The molecule has 0 fully saturated rings. The maximum absolute atomic E-state index is 7.22. The van der Waals surface area contributed by atoms with Crippen molar-refractivity contribution in [3.8, 4) is 5.88 Å². The van der Waals surface area contributed by atoms with Crippen LogP contribution >= 0.6 is 11.3 Å². The molecule has 0 aliphatic carbocycles. The lowest BCUT2D eigenvalue weighted by Crippen LogP contribution is -2.11. The van der Waals surface area contributed by atoms with Gasteiger partial charge in [0, 0.05) is 22.7 Å². The molecular formula is C11H11N3OS. The van der Waals surface area contributed by atoms with Crippen LogP contribution < -0.4 is 10.5 Å². The van der Waals surface area contributed by atoms with Crippen LogP contribution in [0.4, 0.5) is 0 Å². The van der Waals surface area contributed by atoms with Gasteiger partial charge in [-0.1, -0.05) is 6.07 Å². The fourth-order valence-electron chi connectivity index (χ4n) is 1.16. The molecule has 2 rings (SSSR count). The Morgan fingerprint density at radius 3 is 2.88 bits per heavy atom. The standard InChI is InChI=1S/C11H11N3OS/c12-11(13)8-3-4-10(14-6-8)15-7-9-2-1-5-16-9/h1-6H,7H2,(H3,12,13). The zero-order valence-corrected chi connectivity index (χ0v) is 9.33. The van der Waals surface area contributed by atoms with E-state index in [1.165, 1.54) is 6.20 Å². The van der Waals surface area contributed by atoms with Gasteiger partial charge in [0.2, 0.25) is 5.88 Å².